The second-order valence-corrected chi connectivity index (χ2v) is 7.45. The molecule has 2 unspecified atom stereocenters. The van der Waals surface area contributed by atoms with E-state index in [4.69, 9.17) is 9.47 Å². The van der Waals surface area contributed by atoms with Crippen molar-refractivity contribution in [3.05, 3.63) is 77.4 Å². The molecule has 2 fully saturated rings. The van der Waals surface area contributed by atoms with Crippen molar-refractivity contribution in [2.24, 2.45) is 5.92 Å². The van der Waals surface area contributed by atoms with E-state index in [1.807, 2.05) is 43.3 Å². The molecule has 0 aliphatic carbocycles. The third kappa shape index (κ3) is 4.43. The molecule has 4 atom stereocenters. The summed E-state index contributed by atoms with van der Waals surface area (Å²) in [4.78, 5) is 12.3. The van der Waals surface area contributed by atoms with Gasteiger partial charge in [0.15, 0.2) is 0 Å². The molecule has 2 aliphatic rings. The normalized spacial score (nSPS) is 26.3. The van der Waals surface area contributed by atoms with Gasteiger partial charge in [-0.1, -0.05) is 72.3 Å². The van der Waals surface area contributed by atoms with Crippen LogP contribution in [-0.2, 0) is 16.0 Å². The van der Waals surface area contributed by atoms with Gasteiger partial charge in [0.1, 0.15) is 6.10 Å². The minimum Gasteiger partial charge on any atom is -0.373 e. The molecule has 2 aromatic rings. The maximum atomic E-state index is 12.3. The quantitative estimate of drug-likeness (QED) is 0.839. The van der Waals surface area contributed by atoms with Gasteiger partial charge in [0, 0.05) is 12.5 Å². The van der Waals surface area contributed by atoms with E-state index in [2.05, 4.69) is 41.0 Å². The largest absolute Gasteiger partial charge is 0.373 e. The topological polar surface area (TPSA) is 59.6 Å². The number of carbonyl (C=O) groups is 1. The van der Waals surface area contributed by atoms with Gasteiger partial charge >= 0.3 is 6.03 Å². The molecule has 2 N–H and O–H groups in total. The Morgan fingerprint density at radius 1 is 1.07 bits per heavy atom. The zero-order valence-electron chi connectivity index (χ0n) is 16.0. The van der Waals surface area contributed by atoms with Crippen molar-refractivity contribution in [3.63, 3.8) is 0 Å². The highest BCUT2D eigenvalue weighted by Gasteiger charge is 2.47. The average Bonchev–Trinajstić information content (AvgIpc) is 3.29. The summed E-state index contributed by atoms with van der Waals surface area (Å²) in [6.07, 6.45) is 4.15. The fourth-order valence-electron chi connectivity index (χ4n) is 3.84. The number of benzene rings is 2. The van der Waals surface area contributed by atoms with E-state index in [1.54, 1.807) is 0 Å². The summed E-state index contributed by atoms with van der Waals surface area (Å²) in [7, 11) is 0. The van der Waals surface area contributed by atoms with E-state index in [0.717, 1.165) is 11.1 Å². The number of nitrogens with one attached hydrogen (secondary N) is 2. The minimum absolute atomic E-state index is 0.0120. The molecular formula is C23H26N2O3. The van der Waals surface area contributed by atoms with Crippen molar-refractivity contribution in [1.29, 1.82) is 0 Å². The lowest BCUT2D eigenvalue weighted by molar-refractivity contribution is 0.0661. The zero-order valence-corrected chi connectivity index (χ0v) is 16.0. The lowest BCUT2D eigenvalue weighted by atomic mass is 9.99. The summed E-state index contributed by atoms with van der Waals surface area (Å²) in [6.45, 7) is 3.63. The van der Waals surface area contributed by atoms with Gasteiger partial charge < -0.3 is 20.1 Å². The van der Waals surface area contributed by atoms with E-state index in [0.29, 0.717) is 19.8 Å². The Morgan fingerprint density at radius 3 is 2.71 bits per heavy atom. The molecule has 0 spiro atoms. The Hall–Kier alpha value is -2.63. The first-order valence-electron chi connectivity index (χ1n) is 9.75. The molecule has 146 valence electrons. The van der Waals surface area contributed by atoms with E-state index in [9.17, 15) is 4.79 Å². The van der Waals surface area contributed by atoms with Gasteiger partial charge in [-0.25, -0.2) is 4.79 Å². The Kier molecular flexibility index (Phi) is 5.74. The summed E-state index contributed by atoms with van der Waals surface area (Å²) in [5, 5.41) is 5.92. The smallest absolute Gasteiger partial charge is 0.315 e. The van der Waals surface area contributed by atoms with Crippen molar-refractivity contribution < 1.29 is 14.3 Å². The highest BCUT2D eigenvalue weighted by Crippen LogP contribution is 2.32. The highest BCUT2D eigenvalue weighted by molar-refractivity contribution is 5.74. The molecule has 2 amide bonds. The molecule has 2 heterocycles. The SMILES string of the molecule is Cc1cccc(CNC(=O)N[C@H]2COC3C2OC[C@H]3/C=C\c2ccccc2)c1. The average molecular weight is 378 g/mol. The van der Waals surface area contributed by atoms with Crippen LogP contribution < -0.4 is 10.6 Å². The third-order valence-corrected chi connectivity index (χ3v) is 5.28. The first-order chi connectivity index (χ1) is 13.7. The Balaban J connectivity index is 1.28. The highest BCUT2D eigenvalue weighted by atomic mass is 16.6. The molecule has 0 radical (unpaired) electrons. The molecule has 28 heavy (non-hydrogen) atoms. The van der Waals surface area contributed by atoms with Gasteiger partial charge in [0.2, 0.25) is 0 Å². The van der Waals surface area contributed by atoms with Crippen LogP contribution in [0.5, 0.6) is 0 Å². The van der Waals surface area contributed by atoms with Crippen LogP contribution in [0.3, 0.4) is 0 Å². The fraction of sp³-hybridized carbons (Fsp3) is 0.348. The molecule has 2 saturated heterocycles. The number of amides is 2. The number of hydrogen-bond donors (Lipinski definition) is 2. The van der Waals surface area contributed by atoms with Crippen molar-refractivity contribution >= 4 is 12.1 Å². The monoisotopic (exact) mass is 378 g/mol. The third-order valence-electron chi connectivity index (χ3n) is 5.28. The second kappa shape index (κ2) is 8.59. The lowest BCUT2D eigenvalue weighted by Crippen LogP contribution is -2.48. The van der Waals surface area contributed by atoms with Crippen LogP contribution in [0.4, 0.5) is 4.79 Å². The van der Waals surface area contributed by atoms with E-state index in [1.165, 1.54) is 5.56 Å². The van der Waals surface area contributed by atoms with Gasteiger partial charge in [-0.15, -0.1) is 0 Å². The van der Waals surface area contributed by atoms with Gasteiger partial charge in [-0.3, -0.25) is 0 Å². The molecule has 5 heteroatoms. The predicted octanol–water partition coefficient (Wildman–Crippen LogP) is 3.29. The van der Waals surface area contributed by atoms with Crippen molar-refractivity contribution in [3.8, 4) is 0 Å². The van der Waals surface area contributed by atoms with Crippen molar-refractivity contribution in [1.82, 2.24) is 10.6 Å². The van der Waals surface area contributed by atoms with Gasteiger partial charge in [-0.2, -0.15) is 0 Å². The lowest BCUT2D eigenvalue weighted by Gasteiger charge is -2.18. The molecular weight excluding hydrogens is 352 g/mol. The standard InChI is InChI=1S/C23H26N2O3/c1-16-6-5-9-18(12-16)13-24-23(26)25-20-15-28-21-19(14-27-22(20)21)11-10-17-7-3-2-4-8-17/h2-12,19-22H,13-15H2,1H3,(H2,24,25,26)/b11-10-/t19-,20+,21?,22?/m1/s1. The van der Waals surface area contributed by atoms with Crippen LogP contribution in [0.2, 0.25) is 0 Å². The maximum absolute atomic E-state index is 12.3. The summed E-state index contributed by atoms with van der Waals surface area (Å²) in [6, 6.07) is 18.0. The maximum Gasteiger partial charge on any atom is 0.315 e. The number of urea groups is 1. The molecule has 0 bridgehead atoms. The second-order valence-electron chi connectivity index (χ2n) is 7.45. The summed E-state index contributed by atoms with van der Waals surface area (Å²) in [5.74, 6) is 0.201. The summed E-state index contributed by atoms with van der Waals surface area (Å²) < 4.78 is 11.9. The molecule has 0 aromatic heterocycles. The molecule has 2 aliphatic heterocycles. The van der Waals surface area contributed by atoms with E-state index in [-0.39, 0.29) is 30.2 Å². The number of fused-ring (bicyclic) bond motifs is 1. The molecule has 4 rings (SSSR count). The van der Waals surface area contributed by atoms with Crippen LogP contribution in [0.25, 0.3) is 6.08 Å². The number of rotatable bonds is 5. The fourth-order valence-corrected chi connectivity index (χ4v) is 3.84. The van der Waals surface area contributed by atoms with Gasteiger partial charge in [0.05, 0.1) is 25.4 Å². The Labute approximate surface area is 165 Å². The van der Waals surface area contributed by atoms with Crippen LogP contribution in [0.15, 0.2) is 60.7 Å². The van der Waals surface area contributed by atoms with Crippen LogP contribution in [0, 0.1) is 12.8 Å². The van der Waals surface area contributed by atoms with Crippen molar-refractivity contribution in [2.75, 3.05) is 13.2 Å². The number of carbonyl (C=O) groups excluding carboxylic acids is 1. The van der Waals surface area contributed by atoms with Crippen molar-refractivity contribution in [2.45, 2.75) is 31.7 Å². The minimum atomic E-state index is -0.192. The molecule has 2 aromatic carbocycles. The van der Waals surface area contributed by atoms with E-state index >= 15 is 0 Å². The van der Waals surface area contributed by atoms with Crippen LogP contribution in [0.1, 0.15) is 16.7 Å². The zero-order chi connectivity index (χ0) is 19.3. The van der Waals surface area contributed by atoms with E-state index < -0.39 is 0 Å². The first-order valence-corrected chi connectivity index (χ1v) is 9.75. The van der Waals surface area contributed by atoms with Gasteiger partial charge in [0.25, 0.3) is 0 Å². The Bertz CT molecular complexity index is 837. The Morgan fingerprint density at radius 2 is 1.89 bits per heavy atom. The molecule has 5 nitrogen and oxygen atoms in total. The summed E-state index contributed by atoms with van der Waals surface area (Å²) >= 11 is 0. The number of hydrogen-bond acceptors (Lipinski definition) is 3. The summed E-state index contributed by atoms with van der Waals surface area (Å²) in [5.41, 5.74) is 3.42. The first kappa shape index (κ1) is 18.7. The van der Waals surface area contributed by atoms with Crippen LogP contribution >= 0.6 is 0 Å². The number of ether oxygens (including phenoxy) is 2. The van der Waals surface area contributed by atoms with Crippen LogP contribution in [-0.4, -0.2) is 37.5 Å². The van der Waals surface area contributed by atoms with Gasteiger partial charge in [-0.05, 0) is 18.1 Å². The number of aryl methyl sites for hydroxylation is 1. The predicted molar refractivity (Wildman–Crippen MR) is 109 cm³/mol. The molecule has 0 saturated carbocycles.